The first-order chi connectivity index (χ1) is 10.2. The highest BCUT2D eigenvalue weighted by molar-refractivity contribution is 5.50. The fraction of sp³-hybridized carbons (Fsp3) is 0.750. The minimum absolute atomic E-state index is 0.520. The van der Waals surface area contributed by atoms with Gasteiger partial charge in [-0.1, -0.05) is 13.8 Å². The third kappa shape index (κ3) is 3.71. The largest absolute Gasteiger partial charge is 0.381 e. The molecule has 0 spiro atoms. The lowest BCUT2D eigenvalue weighted by Gasteiger charge is -2.29. The molecule has 1 unspecified atom stereocenters. The van der Waals surface area contributed by atoms with Crippen molar-refractivity contribution < 1.29 is 4.74 Å². The topological polar surface area (TPSA) is 64.3 Å². The zero-order valence-corrected chi connectivity index (χ0v) is 13.6. The van der Waals surface area contributed by atoms with Crippen LogP contribution in [0.1, 0.15) is 43.5 Å². The van der Waals surface area contributed by atoms with Crippen LogP contribution < -0.4 is 10.6 Å². The van der Waals surface area contributed by atoms with E-state index in [4.69, 9.17) is 10.5 Å². The summed E-state index contributed by atoms with van der Waals surface area (Å²) in [4.78, 5) is 2.20. The molecule has 2 N–H and O–H groups in total. The molecule has 1 saturated heterocycles. The van der Waals surface area contributed by atoms with Crippen LogP contribution in [0.3, 0.4) is 0 Å². The highest BCUT2D eigenvalue weighted by atomic mass is 16.5. The van der Waals surface area contributed by atoms with E-state index >= 15 is 0 Å². The van der Waals surface area contributed by atoms with Gasteiger partial charge in [0.05, 0.1) is 12.3 Å². The Morgan fingerprint density at radius 3 is 2.62 bits per heavy atom. The van der Waals surface area contributed by atoms with Crippen molar-refractivity contribution in [2.45, 2.75) is 46.1 Å². The molecular formula is C16H28N4O. The van der Waals surface area contributed by atoms with Crippen LogP contribution in [-0.4, -0.2) is 37.0 Å². The molecule has 5 nitrogen and oxygen atoms in total. The Balaban J connectivity index is 2.21. The zero-order chi connectivity index (χ0) is 15.2. The number of rotatable bonds is 6. The molecule has 1 aromatic rings. The predicted molar refractivity (Wildman–Crippen MR) is 85.5 cm³/mol. The SMILES string of the molecule is CCc1nnc(N(C)CC2CCCOC2)c(CN)c1CC. The van der Waals surface area contributed by atoms with Crippen LogP contribution >= 0.6 is 0 Å². The summed E-state index contributed by atoms with van der Waals surface area (Å²) in [5.41, 5.74) is 9.51. The zero-order valence-electron chi connectivity index (χ0n) is 13.6. The second-order valence-electron chi connectivity index (χ2n) is 5.80. The first kappa shape index (κ1) is 16.2. The van der Waals surface area contributed by atoms with Gasteiger partial charge in [-0.3, -0.25) is 0 Å². The van der Waals surface area contributed by atoms with Crippen LogP contribution in [0.2, 0.25) is 0 Å². The van der Waals surface area contributed by atoms with Gasteiger partial charge in [0.15, 0.2) is 5.82 Å². The van der Waals surface area contributed by atoms with Crippen molar-refractivity contribution in [1.29, 1.82) is 0 Å². The molecule has 1 aliphatic rings. The third-order valence-electron chi connectivity index (χ3n) is 4.29. The molecule has 2 rings (SSSR count). The van der Waals surface area contributed by atoms with Gasteiger partial charge in [-0.2, -0.15) is 5.10 Å². The highest BCUT2D eigenvalue weighted by Gasteiger charge is 2.20. The van der Waals surface area contributed by atoms with Gasteiger partial charge in [-0.25, -0.2) is 0 Å². The Hall–Kier alpha value is -1.20. The van der Waals surface area contributed by atoms with Crippen LogP contribution in [0.15, 0.2) is 0 Å². The summed E-state index contributed by atoms with van der Waals surface area (Å²) in [6, 6.07) is 0. The smallest absolute Gasteiger partial charge is 0.155 e. The summed E-state index contributed by atoms with van der Waals surface area (Å²) in [5.74, 6) is 1.52. The van der Waals surface area contributed by atoms with Gasteiger partial charge in [0.25, 0.3) is 0 Å². The van der Waals surface area contributed by atoms with Crippen molar-refractivity contribution in [3.63, 3.8) is 0 Å². The van der Waals surface area contributed by atoms with E-state index < -0.39 is 0 Å². The minimum atomic E-state index is 0.520. The molecule has 1 atom stereocenters. The normalized spacial score (nSPS) is 18.8. The van der Waals surface area contributed by atoms with Gasteiger partial charge >= 0.3 is 0 Å². The van der Waals surface area contributed by atoms with Gasteiger partial charge in [0.2, 0.25) is 0 Å². The maximum atomic E-state index is 6.00. The molecule has 1 fully saturated rings. The molecule has 0 aliphatic carbocycles. The predicted octanol–water partition coefficient (Wildman–Crippen LogP) is 1.92. The van der Waals surface area contributed by atoms with E-state index in [0.29, 0.717) is 12.5 Å². The van der Waals surface area contributed by atoms with Gasteiger partial charge in [0, 0.05) is 32.3 Å². The lowest BCUT2D eigenvalue weighted by atomic mass is 10.00. The molecule has 118 valence electrons. The molecule has 1 aromatic heterocycles. The maximum Gasteiger partial charge on any atom is 0.155 e. The first-order valence-electron chi connectivity index (χ1n) is 8.07. The number of ether oxygens (including phenoxy) is 1. The second kappa shape index (κ2) is 7.71. The summed E-state index contributed by atoms with van der Waals surface area (Å²) < 4.78 is 5.57. The van der Waals surface area contributed by atoms with Crippen molar-refractivity contribution in [2.24, 2.45) is 11.7 Å². The molecule has 1 aliphatic heterocycles. The Morgan fingerprint density at radius 2 is 2.05 bits per heavy atom. The third-order valence-corrected chi connectivity index (χ3v) is 4.29. The van der Waals surface area contributed by atoms with Crippen LogP contribution in [0.25, 0.3) is 0 Å². The standard InChI is InChI=1S/C16H28N4O/c1-4-13-14(9-17)16(19-18-15(13)5-2)20(3)10-12-7-6-8-21-11-12/h12H,4-11,17H2,1-3H3. The van der Waals surface area contributed by atoms with E-state index in [0.717, 1.165) is 56.1 Å². The number of aryl methyl sites for hydroxylation is 1. The summed E-state index contributed by atoms with van der Waals surface area (Å²) in [5, 5.41) is 8.86. The van der Waals surface area contributed by atoms with Crippen molar-refractivity contribution >= 4 is 5.82 Å². The van der Waals surface area contributed by atoms with Gasteiger partial charge < -0.3 is 15.4 Å². The molecule has 0 amide bonds. The number of anilines is 1. The molecule has 2 heterocycles. The molecule has 0 saturated carbocycles. The average molecular weight is 292 g/mol. The van der Waals surface area contributed by atoms with Crippen molar-refractivity contribution in [3.8, 4) is 0 Å². The summed E-state index contributed by atoms with van der Waals surface area (Å²) in [6.45, 7) is 7.51. The fourth-order valence-corrected chi connectivity index (χ4v) is 3.19. The summed E-state index contributed by atoms with van der Waals surface area (Å²) in [6.07, 6.45) is 4.24. The van der Waals surface area contributed by atoms with Gasteiger partial charge in [0.1, 0.15) is 0 Å². The van der Waals surface area contributed by atoms with E-state index in [1.165, 1.54) is 12.0 Å². The summed E-state index contributed by atoms with van der Waals surface area (Å²) in [7, 11) is 2.09. The Labute approximate surface area is 127 Å². The Bertz CT molecular complexity index is 458. The molecule has 0 radical (unpaired) electrons. The van der Waals surface area contributed by atoms with Crippen LogP contribution in [0.4, 0.5) is 5.82 Å². The van der Waals surface area contributed by atoms with Gasteiger partial charge in [-0.05, 0) is 37.2 Å². The Kier molecular flexibility index (Phi) is 5.94. The molecular weight excluding hydrogens is 264 g/mol. The number of aromatic nitrogens is 2. The van der Waals surface area contributed by atoms with E-state index in [-0.39, 0.29) is 0 Å². The van der Waals surface area contributed by atoms with Crippen molar-refractivity contribution in [1.82, 2.24) is 10.2 Å². The fourth-order valence-electron chi connectivity index (χ4n) is 3.19. The van der Waals surface area contributed by atoms with Crippen LogP contribution in [-0.2, 0) is 24.1 Å². The quantitative estimate of drug-likeness (QED) is 0.868. The Morgan fingerprint density at radius 1 is 1.24 bits per heavy atom. The van der Waals surface area contributed by atoms with Crippen molar-refractivity contribution in [2.75, 3.05) is 31.7 Å². The number of hydrogen-bond acceptors (Lipinski definition) is 5. The average Bonchev–Trinajstić information content (AvgIpc) is 2.53. The van der Waals surface area contributed by atoms with Gasteiger partial charge in [-0.15, -0.1) is 5.10 Å². The van der Waals surface area contributed by atoms with Crippen LogP contribution in [0.5, 0.6) is 0 Å². The highest BCUT2D eigenvalue weighted by Crippen LogP contribution is 2.24. The molecule has 21 heavy (non-hydrogen) atoms. The van der Waals surface area contributed by atoms with E-state index in [1.54, 1.807) is 0 Å². The lowest BCUT2D eigenvalue weighted by molar-refractivity contribution is 0.0576. The molecule has 0 bridgehead atoms. The number of nitrogens with two attached hydrogens (primary N) is 1. The minimum Gasteiger partial charge on any atom is -0.381 e. The first-order valence-corrected chi connectivity index (χ1v) is 8.07. The second-order valence-corrected chi connectivity index (χ2v) is 5.80. The number of nitrogens with zero attached hydrogens (tertiary/aromatic N) is 3. The monoisotopic (exact) mass is 292 g/mol. The van der Waals surface area contributed by atoms with E-state index in [1.807, 2.05) is 0 Å². The number of hydrogen-bond donors (Lipinski definition) is 1. The molecule has 0 aromatic carbocycles. The lowest BCUT2D eigenvalue weighted by Crippen LogP contribution is -2.32. The molecule has 5 heteroatoms. The van der Waals surface area contributed by atoms with Crippen LogP contribution in [0, 0.1) is 5.92 Å². The van der Waals surface area contributed by atoms with Crippen molar-refractivity contribution in [3.05, 3.63) is 16.8 Å². The summed E-state index contributed by atoms with van der Waals surface area (Å²) >= 11 is 0. The van der Waals surface area contributed by atoms with E-state index in [2.05, 4.69) is 36.0 Å². The maximum absolute atomic E-state index is 6.00. The van der Waals surface area contributed by atoms with E-state index in [9.17, 15) is 0 Å².